The molecule has 0 fully saturated rings. The predicted molar refractivity (Wildman–Crippen MR) is 92.4 cm³/mol. The predicted octanol–water partition coefficient (Wildman–Crippen LogP) is 3.62. The van der Waals surface area contributed by atoms with Crippen molar-refractivity contribution >= 4 is 34.5 Å². The highest BCUT2D eigenvalue weighted by molar-refractivity contribution is 7.80. The number of para-hydroxylation sites is 1. The molecule has 2 N–H and O–H groups in total. The van der Waals surface area contributed by atoms with Gasteiger partial charge in [0.1, 0.15) is 10.7 Å². The van der Waals surface area contributed by atoms with Gasteiger partial charge in [-0.3, -0.25) is 0 Å². The summed E-state index contributed by atoms with van der Waals surface area (Å²) in [6.07, 6.45) is 0. The van der Waals surface area contributed by atoms with Gasteiger partial charge < -0.3 is 15.4 Å². The average Bonchev–Trinajstić information content (AvgIpc) is 2.47. The molecule has 0 saturated carbocycles. The SMILES string of the molecule is COc1ccccc1CN(C)c1cccc(Cl)c1C(N)=S. The van der Waals surface area contributed by atoms with Gasteiger partial charge in [-0.05, 0) is 18.2 Å². The molecule has 0 aliphatic heterocycles. The Bertz CT molecular complexity index is 660. The fraction of sp³-hybridized carbons (Fsp3) is 0.188. The molecule has 0 amide bonds. The van der Waals surface area contributed by atoms with Crippen molar-refractivity contribution in [2.24, 2.45) is 5.73 Å². The number of hydrogen-bond acceptors (Lipinski definition) is 3. The van der Waals surface area contributed by atoms with Gasteiger partial charge in [0.2, 0.25) is 0 Å². The molecule has 110 valence electrons. The number of benzene rings is 2. The largest absolute Gasteiger partial charge is 0.496 e. The molecule has 0 heterocycles. The Labute approximate surface area is 135 Å². The molecular weight excluding hydrogens is 304 g/mol. The smallest absolute Gasteiger partial charge is 0.123 e. The van der Waals surface area contributed by atoms with Crippen LogP contribution in [0.25, 0.3) is 0 Å². The molecule has 0 atom stereocenters. The van der Waals surface area contributed by atoms with Crippen molar-refractivity contribution in [2.45, 2.75) is 6.54 Å². The summed E-state index contributed by atoms with van der Waals surface area (Å²) in [4.78, 5) is 2.35. The zero-order valence-electron chi connectivity index (χ0n) is 12.0. The lowest BCUT2D eigenvalue weighted by Crippen LogP contribution is -2.22. The van der Waals surface area contributed by atoms with Crippen LogP contribution < -0.4 is 15.4 Å². The third kappa shape index (κ3) is 3.46. The summed E-state index contributed by atoms with van der Waals surface area (Å²) in [6, 6.07) is 13.5. The molecule has 2 aromatic carbocycles. The van der Waals surface area contributed by atoms with Crippen molar-refractivity contribution in [2.75, 3.05) is 19.1 Å². The van der Waals surface area contributed by atoms with E-state index < -0.39 is 0 Å². The van der Waals surface area contributed by atoms with Crippen LogP contribution in [0.1, 0.15) is 11.1 Å². The molecule has 0 aliphatic carbocycles. The minimum absolute atomic E-state index is 0.294. The normalized spacial score (nSPS) is 10.2. The van der Waals surface area contributed by atoms with Crippen molar-refractivity contribution < 1.29 is 4.74 Å². The first-order chi connectivity index (χ1) is 10.0. The van der Waals surface area contributed by atoms with Crippen LogP contribution in [0.5, 0.6) is 5.75 Å². The van der Waals surface area contributed by atoms with Crippen LogP contribution in [0, 0.1) is 0 Å². The fourth-order valence-electron chi connectivity index (χ4n) is 2.25. The van der Waals surface area contributed by atoms with Gasteiger partial charge in [-0.1, -0.05) is 48.1 Å². The molecule has 0 unspecified atom stereocenters. The van der Waals surface area contributed by atoms with Crippen LogP contribution in [0.2, 0.25) is 5.02 Å². The van der Waals surface area contributed by atoms with Crippen LogP contribution in [0.15, 0.2) is 42.5 Å². The average molecular weight is 321 g/mol. The van der Waals surface area contributed by atoms with Crippen LogP contribution >= 0.6 is 23.8 Å². The first-order valence-corrected chi connectivity index (χ1v) is 7.24. The van der Waals surface area contributed by atoms with Gasteiger partial charge in [0.05, 0.1) is 17.7 Å². The Morgan fingerprint density at radius 3 is 2.62 bits per heavy atom. The van der Waals surface area contributed by atoms with Crippen molar-refractivity contribution in [1.82, 2.24) is 0 Å². The molecule has 0 saturated heterocycles. The molecule has 5 heteroatoms. The lowest BCUT2D eigenvalue weighted by molar-refractivity contribution is 0.409. The Kier molecular flexibility index (Phi) is 5.04. The molecule has 2 aromatic rings. The second-order valence-electron chi connectivity index (χ2n) is 4.67. The van der Waals surface area contributed by atoms with Gasteiger partial charge in [-0.2, -0.15) is 0 Å². The van der Waals surface area contributed by atoms with E-state index in [1.165, 1.54) is 0 Å². The lowest BCUT2D eigenvalue weighted by atomic mass is 10.1. The summed E-state index contributed by atoms with van der Waals surface area (Å²) >= 11 is 11.3. The van der Waals surface area contributed by atoms with Crippen molar-refractivity contribution in [3.63, 3.8) is 0 Å². The van der Waals surface area contributed by atoms with E-state index in [4.69, 9.17) is 34.3 Å². The maximum atomic E-state index is 6.21. The molecular formula is C16H17ClN2OS. The Morgan fingerprint density at radius 2 is 1.95 bits per heavy atom. The van der Waals surface area contributed by atoms with E-state index in [0.717, 1.165) is 17.0 Å². The molecule has 0 spiro atoms. The van der Waals surface area contributed by atoms with Crippen LogP contribution in [0.3, 0.4) is 0 Å². The Hall–Kier alpha value is -1.78. The highest BCUT2D eigenvalue weighted by atomic mass is 35.5. The first kappa shape index (κ1) is 15.6. The number of thiocarbonyl (C=S) groups is 1. The van der Waals surface area contributed by atoms with E-state index in [0.29, 0.717) is 22.1 Å². The zero-order valence-corrected chi connectivity index (χ0v) is 13.5. The highest BCUT2D eigenvalue weighted by Gasteiger charge is 2.14. The van der Waals surface area contributed by atoms with Crippen molar-refractivity contribution in [3.8, 4) is 5.75 Å². The third-order valence-electron chi connectivity index (χ3n) is 3.25. The van der Waals surface area contributed by atoms with E-state index in [1.807, 2.05) is 43.4 Å². The summed E-state index contributed by atoms with van der Waals surface area (Å²) < 4.78 is 5.38. The van der Waals surface area contributed by atoms with E-state index in [2.05, 4.69) is 4.90 Å². The van der Waals surface area contributed by atoms with E-state index in [9.17, 15) is 0 Å². The highest BCUT2D eigenvalue weighted by Crippen LogP contribution is 2.29. The van der Waals surface area contributed by atoms with Crippen molar-refractivity contribution in [1.29, 1.82) is 0 Å². The minimum Gasteiger partial charge on any atom is -0.496 e. The van der Waals surface area contributed by atoms with Gasteiger partial charge in [-0.15, -0.1) is 0 Å². The summed E-state index contributed by atoms with van der Waals surface area (Å²) in [5.41, 5.74) is 8.48. The summed E-state index contributed by atoms with van der Waals surface area (Å²) in [5, 5.41) is 0.562. The number of hydrogen-bond donors (Lipinski definition) is 1. The zero-order chi connectivity index (χ0) is 15.4. The van der Waals surface area contributed by atoms with Gasteiger partial charge in [0.15, 0.2) is 0 Å². The van der Waals surface area contributed by atoms with Gasteiger partial charge in [-0.25, -0.2) is 0 Å². The number of nitrogens with two attached hydrogens (primary N) is 1. The monoisotopic (exact) mass is 320 g/mol. The summed E-state index contributed by atoms with van der Waals surface area (Å²) in [5.74, 6) is 0.850. The number of halogens is 1. The number of nitrogens with zero attached hydrogens (tertiary/aromatic N) is 1. The number of anilines is 1. The maximum Gasteiger partial charge on any atom is 0.123 e. The second-order valence-corrected chi connectivity index (χ2v) is 5.51. The van der Waals surface area contributed by atoms with Gasteiger partial charge in [0, 0.05) is 24.8 Å². The van der Waals surface area contributed by atoms with Crippen LogP contribution in [-0.2, 0) is 6.54 Å². The fourth-order valence-corrected chi connectivity index (χ4v) is 2.79. The van der Waals surface area contributed by atoms with E-state index in [1.54, 1.807) is 13.2 Å². The van der Waals surface area contributed by atoms with Gasteiger partial charge >= 0.3 is 0 Å². The topological polar surface area (TPSA) is 38.5 Å². The molecule has 0 radical (unpaired) electrons. The molecule has 2 rings (SSSR count). The molecule has 21 heavy (non-hydrogen) atoms. The van der Waals surface area contributed by atoms with Crippen LogP contribution in [-0.4, -0.2) is 19.1 Å². The van der Waals surface area contributed by atoms with E-state index >= 15 is 0 Å². The molecule has 0 bridgehead atoms. The standard InChI is InChI=1S/C16H17ClN2OS/c1-19(10-11-6-3-4-9-14(11)20-2)13-8-5-7-12(17)15(13)16(18)21/h3-9H,10H2,1-2H3,(H2,18,21). The summed E-state index contributed by atoms with van der Waals surface area (Å²) in [6.45, 7) is 0.667. The molecule has 3 nitrogen and oxygen atoms in total. The Morgan fingerprint density at radius 1 is 1.24 bits per heavy atom. The number of ether oxygens (including phenoxy) is 1. The summed E-state index contributed by atoms with van der Waals surface area (Å²) in [7, 11) is 3.64. The molecule has 0 aromatic heterocycles. The number of methoxy groups -OCH3 is 1. The van der Waals surface area contributed by atoms with Crippen LogP contribution in [0.4, 0.5) is 5.69 Å². The minimum atomic E-state index is 0.294. The number of rotatable bonds is 5. The van der Waals surface area contributed by atoms with E-state index in [-0.39, 0.29) is 0 Å². The third-order valence-corrected chi connectivity index (χ3v) is 3.77. The van der Waals surface area contributed by atoms with Crippen molar-refractivity contribution in [3.05, 3.63) is 58.6 Å². The van der Waals surface area contributed by atoms with Gasteiger partial charge in [0.25, 0.3) is 0 Å². The molecule has 0 aliphatic rings. The Balaban J connectivity index is 2.35. The maximum absolute atomic E-state index is 6.21. The first-order valence-electron chi connectivity index (χ1n) is 6.46. The second kappa shape index (κ2) is 6.78. The lowest BCUT2D eigenvalue weighted by Gasteiger charge is -2.23. The quantitative estimate of drug-likeness (QED) is 0.854.